The van der Waals surface area contributed by atoms with Gasteiger partial charge in [0.15, 0.2) is 11.5 Å². The molecule has 0 saturated carbocycles. The largest absolute Gasteiger partial charge is 0.504 e. The molecule has 0 spiro atoms. The van der Waals surface area contributed by atoms with Crippen LogP contribution in [0.4, 0.5) is 5.82 Å². The Morgan fingerprint density at radius 2 is 2.00 bits per heavy atom. The Balaban J connectivity index is 2.70. The zero-order valence-corrected chi connectivity index (χ0v) is 14.8. The Morgan fingerprint density at radius 1 is 1.31 bits per heavy atom. The molecule has 1 aromatic carbocycles. The van der Waals surface area contributed by atoms with Crippen LogP contribution < -0.4 is 10.5 Å². The highest BCUT2D eigenvalue weighted by molar-refractivity contribution is 7.99. The van der Waals surface area contributed by atoms with E-state index < -0.39 is 5.97 Å². The van der Waals surface area contributed by atoms with Crippen LogP contribution in [0.5, 0.6) is 11.5 Å². The molecule has 0 saturated heterocycles. The van der Waals surface area contributed by atoms with E-state index >= 15 is 0 Å². The Morgan fingerprint density at radius 3 is 2.58 bits per heavy atom. The standard InChI is InChI=1S/C17H14N4O4S/c1-24-13-5-9(3-4-12(13)22)15-10(6-18)16(20)21-17(11(15)7-19)26-8-14(23)25-2/h3-5,22H,8H2,1-2H3,(H2,20,21). The van der Waals surface area contributed by atoms with Gasteiger partial charge in [0.05, 0.1) is 25.5 Å². The molecule has 1 aromatic heterocycles. The first-order valence-corrected chi connectivity index (χ1v) is 8.16. The second-order valence-corrected chi connectivity index (χ2v) is 5.87. The topological polar surface area (TPSA) is 142 Å². The summed E-state index contributed by atoms with van der Waals surface area (Å²) >= 11 is 0.981. The first-order chi connectivity index (χ1) is 12.5. The van der Waals surface area contributed by atoms with Crippen molar-refractivity contribution in [2.45, 2.75) is 5.03 Å². The highest BCUT2D eigenvalue weighted by atomic mass is 32.2. The number of methoxy groups -OCH3 is 2. The van der Waals surface area contributed by atoms with E-state index in [4.69, 9.17) is 10.5 Å². The van der Waals surface area contributed by atoms with Gasteiger partial charge in [-0.1, -0.05) is 17.8 Å². The number of anilines is 1. The van der Waals surface area contributed by atoms with E-state index in [1.807, 2.05) is 12.1 Å². The Hall–Kier alpha value is -3.43. The van der Waals surface area contributed by atoms with E-state index in [0.29, 0.717) is 5.56 Å². The molecule has 0 amide bonds. The third-order valence-electron chi connectivity index (χ3n) is 3.44. The predicted octanol–water partition coefficient (Wildman–Crippen LogP) is 2.05. The second kappa shape index (κ2) is 8.10. The minimum absolute atomic E-state index is 0.0247. The molecule has 0 atom stereocenters. The summed E-state index contributed by atoms with van der Waals surface area (Å²) in [5.41, 5.74) is 6.70. The number of esters is 1. The van der Waals surface area contributed by atoms with E-state index in [-0.39, 0.29) is 44.8 Å². The Labute approximate surface area is 153 Å². The highest BCUT2D eigenvalue weighted by Crippen LogP contribution is 2.38. The van der Waals surface area contributed by atoms with Crippen molar-refractivity contribution in [3.63, 3.8) is 0 Å². The number of phenolic OH excluding ortho intramolecular Hbond substituents is 1. The molecule has 132 valence electrons. The molecule has 1 heterocycles. The number of benzene rings is 1. The molecule has 0 unspecified atom stereocenters. The van der Waals surface area contributed by atoms with E-state index in [0.717, 1.165) is 11.8 Å². The van der Waals surface area contributed by atoms with Crippen LogP contribution in [0.2, 0.25) is 0 Å². The summed E-state index contributed by atoms with van der Waals surface area (Å²) < 4.78 is 9.66. The van der Waals surface area contributed by atoms with Crippen molar-refractivity contribution >= 4 is 23.5 Å². The number of pyridine rings is 1. The van der Waals surface area contributed by atoms with E-state index in [2.05, 4.69) is 9.72 Å². The summed E-state index contributed by atoms with van der Waals surface area (Å²) in [4.78, 5) is 15.5. The number of aromatic hydroxyl groups is 1. The first kappa shape index (κ1) is 18.9. The number of ether oxygens (including phenoxy) is 2. The molecule has 2 aromatic rings. The van der Waals surface area contributed by atoms with Gasteiger partial charge in [-0.25, -0.2) is 4.98 Å². The quantitative estimate of drug-likeness (QED) is 0.597. The summed E-state index contributed by atoms with van der Waals surface area (Å²) in [5, 5.41) is 29.1. The number of nitrogens with zero attached hydrogens (tertiary/aromatic N) is 3. The number of aromatic nitrogens is 1. The fraction of sp³-hybridized carbons (Fsp3) is 0.176. The van der Waals surface area contributed by atoms with Crippen LogP contribution in [0.15, 0.2) is 23.2 Å². The molecule has 0 aliphatic carbocycles. The summed E-state index contributed by atoms with van der Waals surface area (Å²) in [5.74, 6) is -0.538. The van der Waals surface area contributed by atoms with Crippen LogP contribution in [0, 0.1) is 22.7 Å². The predicted molar refractivity (Wildman–Crippen MR) is 94.5 cm³/mol. The molecule has 0 fully saturated rings. The van der Waals surface area contributed by atoms with Crippen molar-refractivity contribution < 1.29 is 19.4 Å². The molecule has 0 radical (unpaired) electrons. The molecular formula is C17H14N4O4S. The Bertz CT molecular complexity index is 947. The first-order valence-electron chi connectivity index (χ1n) is 7.17. The zero-order chi connectivity index (χ0) is 19.3. The summed E-state index contributed by atoms with van der Waals surface area (Å²) in [7, 11) is 2.64. The fourth-order valence-electron chi connectivity index (χ4n) is 2.21. The minimum atomic E-state index is -0.489. The lowest BCUT2D eigenvalue weighted by Crippen LogP contribution is -2.07. The Kier molecular flexibility index (Phi) is 5.89. The van der Waals surface area contributed by atoms with Crippen molar-refractivity contribution in [2.75, 3.05) is 25.7 Å². The van der Waals surface area contributed by atoms with Gasteiger partial charge in [-0.15, -0.1) is 0 Å². The van der Waals surface area contributed by atoms with Gasteiger partial charge in [0, 0.05) is 5.56 Å². The second-order valence-electron chi connectivity index (χ2n) is 4.90. The van der Waals surface area contributed by atoms with Crippen molar-refractivity contribution in [1.82, 2.24) is 4.98 Å². The van der Waals surface area contributed by atoms with Crippen LogP contribution in [0.25, 0.3) is 11.1 Å². The normalized spacial score (nSPS) is 9.85. The summed E-state index contributed by atoms with van der Waals surface area (Å²) in [6, 6.07) is 8.36. The van der Waals surface area contributed by atoms with Gasteiger partial charge in [0.1, 0.15) is 28.5 Å². The van der Waals surface area contributed by atoms with Crippen molar-refractivity contribution in [2.24, 2.45) is 0 Å². The lowest BCUT2D eigenvalue weighted by Gasteiger charge is -2.14. The monoisotopic (exact) mass is 370 g/mol. The molecular weight excluding hydrogens is 356 g/mol. The zero-order valence-electron chi connectivity index (χ0n) is 13.9. The molecule has 2 rings (SSSR count). The number of nitriles is 2. The maximum atomic E-state index is 11.4. The molecule has 0 aliphatic heterocycles. The van der Waals surface area contributed by atoms with Crippen LogP contribution in [0.3, 0.4) is 0 Å². The van der Waals surface area contributed by atoms with Gasteiger partial charge in [-0.3, -0.25) is 4.79 Å². The number of phenols is 1. The van der Waals surface area contributed by atoms with Crippen molar-refractivity contribution in [3.8, 4) is 34.8 Å². The molecule has 26 heavy (non-hydrogen) atoms. The van der Waals surface area contributed by atoms with Gasteiger partial charge >= 0.3 is 5.97 Å². The minimum Gasteiger partial charge on any atom is -0.504 e. The lowest BCUT2D eigenvalue weighted by molar-refractivity contribution is -0.137. The average molecular weight is 370 g/mol. The number of hydrogen-bond acceptors (Lipinski definition) is 9. The maximum Gasteiger partial charge on any atom is 0.316 e. The summed E-state index contributed by atoms with van der Waals surface area (Å²) in [6.45, 7) is 0. The third kappa shape index (κ3) is 3.63. The maximum absolute atomic E-state index is 11.4. The number of carbonyl (C=O) groups excluding carboxylic acids is 1. The van der Waals surface area contributed by atoms with Gasteiger partial charge in [-0.05, 0) is 17.7 Å². The van der Waals surface area contributed by atoms with Gasteiger partial charge < -0.3 is 20.3 Å². The number of thioether (sulfide) groups is 1. The fourth-order valence-corrected chi connectivity index (χ4v) is 3.04. The van der Waals surface area contributed by atoms with Crippen molar-refractivity contribution in [3.05, 3.63) is 29.3 Å². The average Bonchev–Trinajstić information content (AvgIpc) is 2.65. The number of carbonyl (C=O) groups is 1. The van der Waals surface area contributed by atoms with Crippen LogP contribution in [-0.4, -0.2) is 36.0 Å². The molecule has 3 N–H and O–H groups in total. The van der Waals surface area contributed by atoms with Crippen molar-refractivity contribution in [1.29, 1.82) is 10.5 Å². The smallest absolute Gasteiger partial charge is 0.316 e. The van der Waals surface area contributed by atoms with E-state index in [9.17, 15) is 20.4 Å². The van der Waals surface area contributed by atoms with Gasteiger partial charge in [0.2, 0.25) is 0 Å². The SMILES string of the molecule is COC(=O)CSc1nc(N)c(C#N)c(-c2ccc(O)c(OC)c2)c1C#N. The number of nitrogen functional groups attached to an aromatic ring is 1. The van der Waals surface area contributed by atoms with Crippen LogP contribution in [0.1, 0.15) is 11.1 Å². The van der Waals surface area contributed by atoms with Gasteiger partial charge in [0.25, 0.3) is 0 Å². The van der Waals surface area contributed by atoms with Gasteiger partial charge in [-0.2, -0.15) is 10.5 Å². The highest BCUT2D eigenvalue weighted by Gasteiger charge is 2.22. The lowest BCUT2D eigenvalue weighted by atomic mass is 9.96. The molecule has 0 aliphatic rings. The number of nitrogens with two attached hydrogens (primary N) is 1. The van der Waals surface area contributed by atoms with E-state index in [1.54, 1.807) is 0 Å². The number of rotatable bonds is 5. The molecule has 8 nitrogen and oxygen atoms in total. The molecule has 9 heteroatoms. The summed E-state index contributed by atoms with van der Waals surface area (Å²) in [6.07, 6.45) is 0. The third-order valence-corrected chi connectivity index (χ3v) is 4.39. The number of hydrogen-bond donors (Lipinski definition) is 2. The van der Waals surface area contributed by atoms with Crippen LogP contribution in [-0.2, 0) is 9.53 Å². The van der Waals surface area contributed by atoms with Crippen LogP contribution >= 0.6 is 11.8 Å². The van der Waals surface area contributed by atoms with E-state index in [1.165, 1.54) is 32.4 Å². The molecule has 0 bridgehead atoms.